The fraction of sp³-hybridized carbons (Fsp3) is 0.645. The number of aromatic nitrogens is 2. The molecule has 6 rings (SSSR count). The second-order valence-electron chi connectivity index (χ2n) is 12.7. The molecule has 4 heterocycles. The molecule has 11 nitrogen and oxygen atoms in total. The number of nitrogens with one attached hydrogen (secondary N) is 1. The number of aryl methyl sites for hydroxylation is 1. The van der Waals surface area contributed by atoms with Crippen LogP contribution in [0, 0.1) is 17.3 Å². The van der Waals surface area contributed by atoms with Crippen LogP contribution in [0.25, 0.3) is 11.0 Å². The smallest absolute Gasteiger partial charge is 0.408 e. The second-order valence-corrected chi connectivity index (χ2v) is 12.7. The molecule has 1 unspecified atom stereocenters. The lowest BCUT2D eigenvalue weighted by Crippen LogP contribution is -2.64. The minimum Gasteiger partial charge on any atom is -0.497 e. The Balaban J connectivity index is 1.35. The number of Topliss-reactive ketones (excluding diaryl/α,β-unsaturated/α-hetero) is 1. The molecule has 3 fully saturated rings. The Morgan fingerprint density at radius 3 is 2.62 bits per heavy atom. The van der Waals surface area contributed by atoms with Gasteiger partial charge in [0.25, 0.3) is 0 Å². The maximum atomic E-state index is 14.2. The molecule has 2 saturated heterocycles. The van der Waals surface area contributed by atoms with Crippen LogP contribution < -0.4 is 14.8 Å². The van der Waals surface area contributed by atoms with Gasteiger partial charge in [-0.1, -0.05) is 26.7 Å². The Labute approximate surface area is 245 Å². The second kappa shape index (κ2) is 11.3. The van der Waals surface area contributed by atoms with E-state index in [2.05, 4.69) is 5.32 Å². The first-order chi connectivity index (χ1) is 20.2. The van der Waals surface area contributed by atoms with Crippen molar-refractivity contribution in [3.8, 4) is 11.6 Å². The van der Waals surface area contributed by atoms with Crippen LogP contribution in [0.15, 0.2) is 18.2 Å². The normalized spacial score (nSPS) is 31.3. The van der Waals surface area contributed by atoms with Crippen molar-refractivity contribution >= 4 is 28.8 Å². The highest BCUT2D eigenvalue weighted by Gasteiger charge is 2.53. The molecule has 1 aromatic carbocycles. The number of hydrogen-bond acceptors (Lipinski definition) is 9. The summed E-state index contributed by atoms with van der Waals surface area (Å²) in [6.07, 6.45) is 4.22. The Morgan fingerprint density at radius 1 is 1.10 bits per heavy atom. The van der Waals surface area contributed by atoms with Gasteiger partial charge in [-0.2, -0.15) is 0 Å². The van der Waals surface area contributed by atoms with E-state index in [1.54, 1.807) is 12.0 Å². The quantitative estimate of drug-likeness (QED) is 0.580. The van der Waals surface area contributed by atoms with Gasteiger partial charge in [0.15, 0.2) is 5.78 Å². The van der Waals surface area contributed by atoms with Crippen molar-refractivity contribution in [2.24, 2.45) is 17.3 Å². The molecule has 3 aliphatic heterocycles. The molecule has 0 radical (unpaired) electrons. The maximum absolute atomic E-state index is 14.2. The monoisotopic (exact) mass is 580 g/mol. The van der Waals surface area contributed by atoms with Crippen LogP contribution in [0.5, 0.6) is 11.6 Å². The van der Waals surface area contributed by atoms with Crippen LogP contribution in [0.3, 0.4) is 0 Å². The number of fused-ring (bicyclic) bond motifs is 5. The molecular weight excluding hydrogens is 540 g/mol. The van der Waals surface area contributed by atoms with Gasteiger partial charge in [-0.25, -0.2) is 14.8 Å². The van der Waals surface area contributed by atoms with Crippen molar-refractivity contribution in [3.05, 3.63) is 23.9 Å². The summed E-state index contributed by atoms with van der Waals surface area (Å²) in [7, 11) is 1.61. The molecule has 1 N–H and O–H groups in total. The van der Waals surface area contributed by atoms with Crippen LogP contribution >= 0.6 is 0 Å². The lowest BCUT2D eigenvalue weighted by Gasteiger charge is -2.45. The van der Waals surface area contributed by atoms with Crippen LogP contribution in [0.1, 0.15) is 58.6 Å². The van der Waals surface area contributed by atoms with Crippen LogP contribution in [0.4, 0.5) is 4.79 Å². The molecule has 4 aliphatic rings. The summed E-state index contributed by atoms with van der Waals surface area (Å²) in [6, 6.07) is 3.98. The summed E-state index contributed by atoms with van der Waals surface area (Å²) in [6.45, 7) is 6.14. The average Bonchev–Trinajstić information content (AvgIpc) is 3.59. The van der Waals surface area contributed by atoms with Crippen LogP contribution in [-0.2, 0) is 25.5 Å². The fourth-order valence-corrected chi connectivity index (χ4v) is 6.63. The van der Waals surface area contributed by atoms with Crippen LogP contribution in [-0.4, -0.2) is 83.8 Å². The first kappa shape index (κ1) is 28.6. The zero-order valence-corrected chi connectivity index (χ0v) is 24.8. The minimum absolute atomic E-state index is 0.130. The van der Waals surface area contributed by atoms with E-state index in [0.29, 0.717) is 42.7 Å². The van der Waals surface area contributed by atoms with Crippen LogP contribution in [0.2, 0.25) is 0 Å². The highest BCUT2D eigenvalue weighted by atomic mass is 16.6. The van der Waals surface area contributed by atoms with E-state index < -0.39 is 29.7 Å². The number of ketones is 1. The van der Waals surface area contributed by atoms with Crippen molar-refractivity contribution in [2.75, 3.05) is 26.9 Å². The largest absolute Gasteiger partial charge is 0.497 e. The van der Waals surface area contributed by atoms with E-state index in [0.717, 1.165) is 43.3 Å². The summed E-state index contributed by atoms with van der Waals surface area (Å²) in [5.41, 5.74) is 1.56. The highest BCUT2D eigenvalue weighted by molar-refractivity contribution is 5.93. The van der Waals surface area contributed by atoms with Crippen molar-refractivity contribution in [1.82, 2.24) is 20.2 Å². The molecule has 1 saturated carbocycles. The molecule has 1 aliphatic carbocycles. The zero-order chi connectivity index (χ0) is 29.6. The van der Waals surface area contributed by atoms with Gasteiger partial charge in [-0.15, -0.1) is 0 Å². The maximum Gasteiger partial charge on any atom is 0.408 e. The molecule has 6 atom stereocenters. The number of benzene rings is 1. The van der Waals surface area contributed by atoms with E-state index in [1.807, 2.05) is 32.0 Å². The molecule has 2 aromatic rings. The molecule has 0 spiro atoms. The minimum atomic E-state index is -0.897. The number of alkyl carbamates (subject to hydrolysis) is 1. The third-order valence-electron chi connectivity index (χ3n) is 9.34. The van der Waals surface area contributed by atoms with Gasteiger partial charge in [0, 0.05) is 17.4 Å². The molecule has 42 heavy (non-hydrogen) atoms. The predicted octanol–water partition coefficient (Wildman–Crippen LogP) is 3.46. The van der Waals surface area contributed by atoms with E-state index >= 15 is 0 Å². The summed E-state index contributed by atoms with van der Waals surface area (Å²) < 4.78 is 23.1. The SMILES string of the molecule is COc1ccc2nc3c(nc2c1)O[C@H]1CN(C(=O)[C@H](C2(C)COC2)NC(=O)O[C@@H]2CC2CCCCC3)[C@H](C(C)=O)[C@@H]1C. The van der Waals surface area contributed by atoms with Gasteiger partial charge in [0.05, 0.1) is 43.9 Å². The fourth-order valence-electron chi connectivity index (χ4n) is 6.63. The lowest BCUT2D eigenvalue weighted by molar-refractivity contribution is -0.158. The molecule has 226 valence electrons. The Hall–Kier alpha value is -3.47. The van der Waals surface area contributed by atoms with Crippen molar-refractivity contribution < 1.29 is 33.3 Å². The summed E-state index contributed by atoms with van der Waals surface area (Å²) in [5.74, 6) is 0.643. The standard InChI is InChI=1S/C31H40N4O7/c1-17-25-14-35(26(17)18(2)36)29(37)27(31(3)15-40-16-31)34-30(38)42-24-12-19(24)8-6-5-7-9-22-28(41-25)33-23-13-20(39-4)10-11-21(23)32-22/h10-11,13,17,19,24-27H,5-9,12,14-16H2,1-4H3,(H,34,38)/t17-,19?,24-,25+,26+,27-/m1/s1. The molecule has 2 bridgehead atoms. The number of hydrogen-bond donors (Lipinski definition) is 1. The summed E-state index contributed by atoms with van der Waals surface area (Å²) in [4.78, 5) is 51.5. The van der Waals surface area contributed by atoms with E-state index in [1.165, 1.54) is 6.92 Å². The van der Waals surface area contributed by atoms with E-state index in [-0.39, 0.29) is 30.3 Å². The molecule has 11 heteroatoms. The summed E-state index contributed by atoms with van der Waals surface area (Å²) in [5, 5.41) is 2.86. The number of carbonyl (C=O) groups excluding carboxylic acids is 3. The van der Waals surface area contributed by atoms with E-state index in [9.17, 15) is 14.4 Å². The molecule has 1 aromatic heterocycles. The number of nitrogens with zero attached hydrogens (tertiary/aromatic N) is 3. The van der Waals surface area contributed by atoms with Crippen molar-refractivity contribution in [1.29, 1.82) is 0 Å². The third kappa shape index (κ3) is 5.50. The number of methoxy groups -OCH3 is 1. The average molecular weight is 581 g/mol. The Kier molecular flexibility index (Phi) is 7.72. The molecule has 2 amide bonds. The van der Waals surface area contributed by atoms with E-state index in [4.69, 9.17) is 28.9 Å². The Morgan fingerprint density at radius 2 is 1.90 bits per heavy atom. The van der Waals surface area contributed by atoms with Gasteiger partial charge in [0.2, 0.25) is 11.8 Å². The van der Waals surface area contributed by atoms with Gasteiger partial charge < -0.3 is 29.2 Å². The number of amides is 2. The first-order valence-electron chi connectivity index (χ1n) is 15.0. The summed E-state index contributed by atoms with van der Waals surface area (Å²) >= 11 is 0. The number of carbonyl (C=O) groups is 3. The van der Waals surface area contributed by atoms with Crippen molar-refractivity contribution in [2.45, 2.75) is 83.6 Å². The zero-order valence-electron chi connectivity index (χ0n) is 24.8. The van der Waals surface area contributed by atoms with Gasteiger partial charge >= 0.3 is 6.09 Å². The Bertz CT molecular complexity index is 1380. The highest BCUT2D eigenvalue weighted by Crippen LogP contribution is 2.40. The topological polar surface area (TPSA) is 129 Å². The van der Waals surface area contributed by atoms with Crippen molar-refractivity contribution in [3.63, 3.8) is 0 Å². The predicted molar refractivity (Wildman–Crippen MR) is 152 cm³/mol. The van der Waals surface area contributed by atoms with Gasteiger partial charge in [-0.05, 0) is 50.7 Å². The number of rotatable bonds is 3. The van der Waals surface area contributed by atoms with Gasteiger partial charge in [-0.3, -0.25) is 9.59 Å². The third-order valence-corrected chi connectivity index (χ3v) is 9.34. The first-order valence-corrected chi connectivity index (χ1v) is 15.0. The number of ether oxygens (including phenoxy) is 4. The molecular formula is C31H40N4O7. The van der Waals surface area contributed by atoms with Gasteiger partial charge in [0.1, 0.15) is 29.7 Å². The lowest BCUT2D eigenvalue weighted by atomic mass is 9.79.